The van der Waals surface area contributed by atoms with Gasteiger partial charge in [0.05, 0.1) is 18.3 Å². The van der Waals surface area contributed by atoms with Gasteiger partial charge in [0.2, 0.25) is 0 Å². The lowest BCUT2D eigenvalue weighted by Crippen LogP contribution is -2.50. The van der Waals surface area contributed by atoms with Crippen LogP contribution in [0.1, 0.15) is 24.2 Å². The van der Waals surface area contributed by atoms with Crippen LogP contribution in [0.3, 0.4) is 0 Å². The van der Waals surface area contributed by atoms with Crippen molar-refractivity contribution in [2.75, 3.05) is 39.3 Å². The van der Waals surface area contributed by atoms with E-state index in [1.165, 1.54) is 0 Å². The Morgan fingerprint density at radius 3 is 2.56 bits per heavy atom. The summed E-state index contributed by atoms with van der Waals surface area (Å²) in [6.45, 7) is 7.80. The zero-order valence-electron chi connectivity index (χ0n) is 14.9. The Hall–Kier alpha value is -2.11. The lowest BCUT2D eigenvalue weighted by molar-refractivity contribution is 0.0553. The number of piperazine rings is 1. The summed E-state index contributed by atoms with van der Waals surface area (Å²) >= 11 is 0. The van der Waals surface area contributed by atoms with Gasteiger partial charge in [0.25, 0.3) is 5.91 Å². The molecule has 0 unspecified atom stereocenters. The molecule has 5 heteroatoms. The van der Waals surface area contributed by atoms with Gasteiger partial charge in [-0.05, 0) is 30.7 Å². The Morgan fingerprint density at radius 2 is 1.88 bits per heavy atom. The molecule has 1 saturated heterocycles. The second-order valence-corrected chi connectivity index (χ2v) is 6.53. The Balaban J connectivity index is 1.85. The number of carbonyl (C=O) groups is 1. The van der Waals surface area contributed by atoms with Crippen molar-refractivity contribution in [1.29, 1.82) is 0 Å². The van der Waals surface area contributed by atoms with Gasteiger partial charge in [0.1, 0.15) is 5.75 Å². The molecule has 1 aliphatic rings. The maximum absolute atomic E-state index is 13.2. The van der Waals surface area contributed by atoms with Crippen LogP contribution in [0.2, 0.25) is 0 Å². The minimum absolute atomic E-state index is 0.0250. The Morgan fingerprint density at radius 1 is 1.16 bits per heavy atom. The number of aliphatic hydroxyl groups is 1. The normalized spacial score (nSPS) is 16.8. The first-order chi connectivity index (χ1) is 12.1. The van der Waals surface area contributed by atoms with Gasteiger partial charge in [-0.3, -0.25) is 9.69 Å². The van der Waals surface area contributed by atoms with Crippen LogP contribution in [0.5, 0.6) is 5.75 Å². The summed E-state index contributed by atoms with van der Waals surface area (Å²) in [5.41, 5.74) is 0.656. The van der Waals surface area contributed by atoms with Crippen LogP contribution in [0.15, 0.2) is 36.4 Å². The topological polar surface area (TPSA) is 53.0 Å². The fourth-order valence-corrected chi connectivity index (χ4v) is 3.41. The van der Waals surface area contributed by atoms with E-state index in [-0.39, 0.29) is 12.0 Å². The smallest absolute Gasteiger partial charge is 0.258 e. The zero-order valence-corrected chi connectivity index (χ0v) is 14.9. The average molecular weight is 342 g/mol. The van der Waals surface area contributed by atoms with E-state index in [1.807, 2.05) is 48.2 Å². The minimum Gasteiger partial charge on any atom is -0.493 e. The standard InChI is InChI=1S/C20H26N2O3/c1-3-25-18-9-8-16-6-4-5-7-17(16)19(18)20(24)22-12-10-21(11-13-22)14-15(2)23/h4-9,15,23H,3,10-14H2,1-2H3/t15-/m1/s1. The number of carbonyl (C=O) groups excluding carboxylic acids is 1. The highest BCUT2D eigenvalue weighted by Crippen LogP contribution is 2.29. The molecule has 3 rings (SSSR count). The summed E-state index contributed by atoms with van der Waals surface area (Å²) in [5, 5.41) is 11.5. The Labute approximate surface area is 148 Å². The summed E-state index contributed by atoms with van der Waals surface area (Å²) in [5.74, 6) is 0.676. The number of β-amino-alcohol motifs (C(OH)–C–C–N with tert-alkyl or cyclic N) is 1. The maximum atomic E-state index is 13.2. The molecule has 1 atom stereocenters. The van der Waals surface area contributed by atoms with E-state index < -0.39 is 0 Å². The Bertz CT molecular complexity index is 737. The summed E-state index contributed by atoms with van der Waals surface area (Å²) in [7, 11) is 0. The number of hydrogen-bond acceptors (Lipinski definition) is 4. The average Bonchev–Trinajstić information content (AvgIpc) is 2.61. The minimum atomic E-state index is -0.343. The van der Waals surface area contributed by atoms with Gasteiger partial charge >= 0.3 is 0 Å². The molecular formula is C20H26N2O3. The maximum Gasteiger partial charge on any atom is 0.258 e. The van der Waals surface area contributed by atoms with E-state index in [2.05, 4.69) is 4.90 Å². The molecule has 2 aromatic carbocycles. The number of hydrogen-bond donors (Lipinski definition) is 1. The zero-order chi connectivity index (χ0) is 17.8. The van der Waals surface area contributed by atoms with Crippen molar-refractivity contribution in [2.24, 2.45) is 0 Å². The fourth-order valence-electron chi connectivity index (χ4n) is 3.41. The van der Waals surface area contributed by atoms with Crippen molar-refractivity contribution in [3.63, 3.8) is 0 Å². The number of amides is 1. The van der Waals surface area contributed by atoms with Crippen LogP contribution < -0.4 is 4.74 Å². The highest BCUT2D eigenvalue weighted by Gasteiger charge is 2.26. The van der Waals surface area contributed by atoms with Gasteiger partial charge in [0, 0.05) is 32.7 Å². The monoisotopic (exact) mass is 342 g/mol. The molecule has 0 radical (unpaired) electrons. The quantitative estimate of drug-likeness (QED) is 0.906. The SMILES string of the molecule is CCOc1ccc2ccccc2c1C(=O)N1CCN(C[C@@H](C)O)CC1. The van der Waals surface area contributed by atoms with Gasteiger partial charge in [0.15, 0.2) is 0 Å². The molecule has 0 bridgehead atoms. The van der Waals surface area contributed by atoms with E-state index in [1.54, 1.807) is 6.92 Å². The molecule has 1 aliphatic heterocycles. The predicted octanol–water partition coefficient (Wildman–Crippen LogP) is 2.38. The second kappa shape index (κ2) is 7.85. The number of aliphatic hydroxyl groups excluding tert-OH is 1. The molecular weight excluding hydrogens is 316 g/mol. The second-order valence-electron chi connectivity index (χ2n) is 6.53. The lowest BCUT2D eigenvalue weighted by Gasteiger charge is -2.35. The third kappa shape index (κ3) is 3.94. The number of nitrogens with zero attached hydrogens (tertiary/aromatic N) is 2. The van der Waals surface area contributed by atoms with Crippen LogP contribution in [0, 0.1) is 0 Å². The van der Waals surface area contributed by atoms with Crippen molar-refractivity contribution < 1.29 is 14.6 Å². The van der Waals surface area contributed by atoms with Gasteiger partial charge in [-0.15, -0.1) is 0 Å². The molecule has 0 aromatic heterocycles. The molecule has 25 heavy (non-hydrogen) atoms. The first-order valence-electron chi connectivity index (χ1n) is 8.94. The van der Waals surface area contributed by atoms with Crippen molar-refractivity contribution in [2.45, 2.75) is 20.0 Å². The molecule has 0 spiro atoms. The molecule has 0 saturated carbocycles. The molecule has 0 aliphatic carbocycles. The van der Waals surface area contributed by atoms with Crippen LogP contribution in [-0.4, -0.2) is 66.2 Å². The van der Waals surface area contributed by atoms with Crippen molar-refractivity contribution in [3.8, 4) is 5.75 Å². The predicted molar refractivity (Wildman–Crippen MR) is 99.1 cm³/mol. The lowest BCUT2D eigenvalue weighted by atomic mass is 10.0. The Kier molecular flexibility index (Phi) is 5.56. The van der Waals surface area contributed by atoms with Crippen molar-refractivity contribution in [3.05, 3.63) is 42.0 Å². The first kappa shape index (κ1) is 17.7. The summed E-state index contributed by atoms with van der Waals surface area (Å²) in [6, 6.07) is 11.8. The molecule has 134 valence electrons. The highest BCUT2D eigenvalue weighted by molar-refractivity contribution is 6.09. The number of benzene rings is 2. The molecule has 1 heterocycles. The molecule has 1 amide bonds. The fraction of sp³-hybridized carbons (Fsp3) is 0.450. The van der Waals surface area contributed by atoms with E-state index in [0.29, 0.717) is 37.6 Å². The van der Waals surface area contributed by atoms with E-state index in [0.717, 1.165) is 23.9 Å². The highest BCUT2D eigenvalue weighted by atomic mass is 16.5. The third-order valence-electron chi connectivity index (χ3n) is 4.59. The van der Waals surface area contributed by atoms with Gasteiger partial charge in [-0.25, -0.2) is 0 Å². The number of fused-ring (bicyclic) bond motifs is 1. The van der Waals surface area contributed by atoms with Crippen LogP contribution in [0.4, 0.5) is 0 Å². The van der Waals surface area contributed by atoms with Crippen molar-refractivity contribution >= 4 is 16.7 Å². The third-order valence-corrected chi connectivity index (χ3v) is 4.59. The van der Waals surface area contributed by atoms with Crippen molar-refractivity contribution in [1.82, 2.24) is 9.80 Å². The summed E-state index contributed by atoms with van der Waals surface area (Å²) < 4.78 is 5.74. The molecule has 2 aromatic rings. The van der Waals surface area contributed by atoms with Gasteiger partial charge < -0.3 is 14.7 Å². The van der Waals surface area contributed by atoms with E-state index in [9.17, 15) is 9.90 Å². The van der Waals surface area contributed by atoms with Gasteiger partial charge in [-0.2, -0.15) is 0 Å². The molecule has 5 nitrogen and oxygen atoms in total. The number of rotatable bonds is 5. The first-order valence-corrected chi connectivity index (χ1v) is 8.94. The molecule has 1 fully saturated rings. The summed E-state index contributed by atoms with van der Waals surface area (Å²) in [6.07, 6.45) is -0.343. The summed E-state index contributed by atoms with van der Waals surface area (Å²) in [4.78, 5) is 17.3. The van der Waals surface area contributed by atoms with E-state index >= 15 is 0 Å². The van der Waals surface area contributed by atoms with E-state index in [4.69, 9.17) is 4.74 Å². The number of ether oxygens (including phenoxy) is 1. The van der Waals surface area contributed by atoms with Crippen LogP contribution >= 0.6 is 0 Å². The van der Waals surface area contributed by atoms with Crippen LogP contribution in [0.25, 0.3) is 10.8 Å². The molecule has 1 N–H and O–H groups in total. The largest absolute Gasteiger partial charge is 0.493 e. The van der Waals surface area contributed by atoms with Gasteiger partial charge in [-0.1, -0.05) is 30.3 Å². The van der Waals surface area contributed by atoms with Crippen LogP contribution in [-0.2, 0) is 0 Å².